The fourth-order valence-corrected chi connectivity index (χ4v) is 3.39. The van der Waals surface area contributed by atoms with Crippen molar-refractivity contribution >= 4 is 12.2 Å². The van der Waals surface area contributed by atoms with Gasteiger partial charge in [-0.15, -0.1) is 0 Å². The summed E-state index contributed by atoms with van der Waals surface area (Å²) < 4.78 is 1.89. The van der Waals surface area contributed by atoms with Gasteiger partial charge in [0.1, 0.15) is 0 Å². The first-order valence-electron chi connectivity index (χ1n) is 8.00. The molecule has 23 heavy (non-hydrogen) atoms. The molecule has 0 spiro atoms. The molecule has 3 rings (SSSR count). The van der Waals surface area contributed by atoms with Crippen LogP contribution in [0.3, 0.4) is 0 Å². The standard InChI is InChI=1S/C17H21N3O2S/c1-2-3-10-20-16(22)13(15(21)19-17(20)23)14-12-7-5-4-6-11(12)8-9-18-14/h4-7,14,18,22H,2-3,8-10H2,1H3,(H,19,21,23)/t14-/m1/s1. The summed E-state index contributed by atoms with van der Waals surface area (Å²) in [6.07, 6.45) is 2.79. The third-order valence-corrected chi connectivity index (χ3v) is 4.66. The molecule has 0 saturated heterocycles. The zero-order valence-electron chi connectivity index (χ0n) is 13.1. The Bertz CT molecular complexity index is 825. The van der Waals surface area contributed by atoms with Gasteiger partial charge in [0.15, 0.2) is 4.77 Å². The summed E-state index contributed by atoms with van der Waals surface area (Å²) in [5, 5.41) is 14.0. The van der Waals surface area contributed by atoms with Gasteiger partial charge in [-0.3, -0.25) is 14.3 Å². The summed E-state index contributed by atoms with van der Waals surface area (Å²) in [5.41, 5.74) is 2.27. The number of nitrogens with one attached hydrogen (secondary N) is 2. The molecule has 0 fully saturated rings. The van der Waals surface area contributed by atoms with Crippen LogP contribution in [-0.4, -0.2) is 21.2 Å². The van der Waals surface area contributed by atoms with Crippen LogP contribution >= 0.6 is 12.2 Å². The van der Waals surface area contributed by atoms with Crippen molar-refractivity contribution in [2.45, 2.75) is 38.8 Å². The van der Waals surface area contributed by atoms with Crippen LogP contribution in [0.15, 0.2) is 29.1 Å². The van der Waals surface area contributed by atoms with Crippen molar-refractivity contribution in [3.63, 3.8) is 0 Å². The lowest BCUT2D eigenvalue weighted by molar-refractivity contribution is 0.383. The smallest absolute Gasteiger partial charge is 0.260 e. The Hall–Kier alpha value is -1.92. The van der Waals surface area contributed by atoms with E-state index in [1.54, 1.807) is 4.57 Å². The monoisotopic (exact) mass is 331 g/mol. The quantitative estimate of drug-likeness (QED) is 0.753. The Morgan fingerprint density at radius 2 is 2.17 bits per heavy atom. The second-order valence-corrected chi connectivity index (χ2v) is 6.22. The Kier molecular flexibility index (Phi) is 4.63. The Morgan fingerprint density at radius 3 is 2.96 bits per heavy atom. The predicted molar refractivity (Wildman–Crippen MR) is 92.5 cm³/mol. The number of benzene rings is 1. The Balaban J connectivity index is 2.14. The first-order chi connectivity index (χ1) is 11.1. The molecule has 1 aliphatic rings. The van der Waals surface area contributed by atoms with Crippen molar-refractivity contribution in [2.24, 2.45) is 0 Å². The lowest BCUT2D eigenvalue weighted by Crippen LogP contribution is -2.35. The fraction of sp³-hybridized carbons (Fsp3) is 0.412. The van der Waals surface area contributed by atoms with Crippen molar-refractivity contribution in [1.29, 1.82) is 0 Å². The van der Waals surface area contributed by atoms with Gasteiger partial charge in [0.05, 0.1) is 11.6 Å². The largest absolute Gasteiger partial charge is 0.494 e. The maximum atomic E-state index is 12.5. The molecule has 1 atom stereocenters. The molecule has 122 valence electrons. The minimum atomic E-state index is -0.325. The van der Waals surface area contributed by atoms with Gasteiger partial charge in [-0.05, 0) is 36.2 Å². The van der Waals surface area contributed by atoms with Gasteiger partial charge in [-0.25, -0.2) is 0 Å². The topological polar surface area (TPSA) is 70.0 Å². The molecule has 2 heterocycles. The molecule has 1 aromatic carbocycles. The zero-order chi connectivity index (χ0) is 16.4. The summed E-state index contributed by atoms with van der Waals surface area (Å²) in [6, 6.07) is 7.71. The van der Waals surface area contributed by atoms with Crippen molar-refractivity contribution in [3.8, 4) is 5.88 Å². The lowest BCUT2D eigenvalue weighted by Gasteiger charge is -2.27. The third kappa shape index (κ3) is 2.96. The van der Waals surface area contributed by atoms with Gasteiger partial charge in [0.2, 0.25) is 5.88 Å². The first-order valence-corrected chi connectivity index (χ1v) is 8.41. The molecule has 1 aromatic heterocycles. The van der Waals surface area contributed by atoms with Crippen LogP contribution in [0.25, 0.3) is 0 Å². The van der Waals surface area contributed by atoms with E-state index in [0.29, 0.717) is 12.1 Å². The molecule has 1 aliphatic heterocycles. The van der Waals surface area contributed by atoms with E-state index in [0.717, 1.165) is 31.4 Å². The molecule has 0 radical (unpaired) electrons. The van der Waals surface area contributed by atoms with Crippen LogP contribution in [0, 0.1) is 4.77 Å². The number of aromatic nitrogens is 2. The lowest BCUT2D eigenvalue weighted by atomic mass is 9.91. The van der Waals surface area contributed by atoms with Crippen LogP contribution < -0.4 is 10.9 Å². The molecular weight excluding hydrogens is 310 g/mol. The minimum Gasteiger partial charge on any atom is -0.494 e. The number of H-pyrrole nitrogens is 1. The van der Waals surface area contributed by atoms with Crippen molar-refractivity contribution < 1.29 is 5.11 Å². The second kappa shape index (κ2) is 6.68. The highest BCUT2D eigenvalue weighted by Crippen LogP contribution is 2.31. The van der Waals surface area contributed by atoms with Crippen molar-refractivity contribution in [2.75, 3.05) is 6.54 Å². The second-order valence-electron chi connectivity index (χ2n) is 5.84. The number of rotatable bonds is 4. The predicted octanol–water partition coefficient (Wildman–Crippen LogP) is 2.65. The number of unbranched alkanes of at least 4 members (excludes halogenated alkanes) is 1. The van der Waals surface area contributed by atoms with E-state index >= 15 is 0 Å². The van der Waals surface area contributed by atoms with Crippen molar-refractivity contribution in [1.82, 2.24) is 14.9 Å². The van der Waals surface area contributed by atoms with Gasteiger partial charge < -0.3 is 10.4 Å². The summed E-state index contributed by atoms with van der Waals surface area (Å²) in [4.78, 5) is 15.2. The van der Waals surface area contributed by atoms with Crippen LogP contribution in [0.1, 0.15) is 42.5 Å². The summed E-state index contributed by atoms with van der Waals surface area (Å²) in [5.74, 6) is -0.0265. The normalized spacial score (nSPS) is 17.0. The molecule has 0 aliphatic carbocycles. The van der Waals surface area contributed by atoms with E-state index in [-0.39, 0.29) is 22.3 Å². The van der Waals surface area contributed by atoms with E-state index < -0.39 is 0 Å². The van der Waals surface area contributed by atoms with Gasteiger partial charge >= 0.3 is 0 Å². The molecule has 0 unspecified atom stereocenters. The summed E-state index contributed by atoms with van der Waals surface area (Å²) >= 11 is 5.21. The van der Waals surface area contributed by atoms with Crippen LogP contribution in [0.4, 0.5) is 0 Å². The Labute approximate surface area is 140 Å². The fourth-order valence-electron chi connectivity index (χ4n) is 3.12. The average Bonchev–Trinajstić information content (AvgIpc) is 2.54. The minimum absolute atomic E-state index is 0.0265. The molecule has 2 aromatic rings. The first kappa shape index (κ1) is 16.0. The van der Waals surface area contributed by atoms with E-state index in [4.69, 9.17) is 12.2 Å². The molecule has 3 N–H and O–H groups in total. The SMILES string of the molecule is CCCCn1c(O)c([C@@H]2NCCc3ccccc32)c(=O)[nH]c1=S. The van der Waals surface area contributed by atoms with Crippen LogP contribution in [0.2, 0.25) is 0 Å². The van der Waals surface area contributed by atoms with E-state index in [9.17, 15) is 9.90 Å². The molecule has 0 bridgehead atoms. The van der Waals surface area contributed by atoms with Gasteiger partial charge in [0, 0.05) is 13.1 Å². The van der Waals surface area contributed by atoms with Crippen LogP contribution in [0.5, 0.6) is 5.88 Å². The summed E-state index contributed by atoms with van der Waals surface area (Å²) in [7, 11) is 0. The molecule has 0 saturated carbocycles. The van der Waals surface area contributed by atoms with Gasteiger partial charge in [0.25, 0.3) is 5.56 Å². The summed E-state index contributed by atoms with van der Waals surface area (Å²) in [6.45, 7) is 3.44. The van der Waals surface area contributed by atoms with E-state index in [1.807, 2.05) is 18.2 Å². The Morgan fingerprint density at radius 1 is 1.39 bits per heavy atom. The maximum Gasteiger partial charge on any atom is 0.260 e. The van der Waals surface area contributed by atoms with Crippen molar-refractivity contribution in [3.05, 3.63) is 56.1 Å². The molecule has 6 heteroatoms. The third-order valence-electron chi connectivity index (χ3n) is 4.34. The highest BCUT2D eigenvalue weighted by molar-refractivity contribution is 7.71. The number of nitrogens with zero attached hydrogens (tertiary/aromatic N) is 1. The number of hydrogen-bond donors (Lipinski definition) is 3. The molecule has 5 nitrogen and oxygen atoms in total. The maximum absolute atomic E-state index is 12.5. The number of aromatic hydroxyl groups is 1. The number of aromatic amines is 1. The van der Waals surface area contributed by atoms with Gasteiger partial charge in [-0.2, -0.15) is 0 Å². The highest BCUT2D eigenvalue weighted by atomic mass is 32.1. The van der Waals surface area contributed by atoms with E-state index in [1.165, 1.54) is 5.56 Å². The highest BCUT2D eigenvalue weighted by Gasteiger charge is 2.27. The molecule has 0 amide bonds. The van der Waals surface area contributed by atoms with E-state index in [2.05, 4.69) is 23.3 Å². The van der Waals surface area contributed by atoms with Crippen LogP contribution in [-0.2, 0) is 13.0 Å². The molecular formula is C17H21N3O2S. The average molecular weight is 331 g/mol. The number of hydrogen-bond acceptors (Lipinski definition) is 4. The number of fused-ring (bicyclic) bond motifs is 1. The van der Waals surface area contributed by atoms with Gasteiger partial charge in [-0.1, -0.05) is 37.6 Å². The zero-order valence-corrected chi connectivity index (χ0v) is 13.9.